The molecule has 1 rings (SSSR count). The molecule has 0 radical (unpaired) electrons. The summed E-state index contributed by atoms with van der Waals surface area (Å²) in [5.74, 6) is 2.47. The third kappa shape index (κ3) is 8.02. The second-order valence-corrected chi connectivity index (χ2v) is 6.70. The van der Waals surface area contributed by atoms with E-state index in [1.165, 1.54) is 0 Å². The summed E-state index contributed by atoms with van der Waals surface area (Å²) in [6, 6.07) is 3.70. The predicted octanol–water partition coefficient (Wildman–Crippen LogP) is 4.14. The molecule has 1 aromatic rings. The zero-order valence-corrected chi connectivity index (χ0v) is 18.7. The van der Waals surface area contributed by atoms with E-state index in [-0.39, 0.29) is 24.0 Å². The summed E-state index contributed by atoms with van der Waals surface area (Å²) >= 11 is 0. The van der Waals surface area contributed by atoms with Crippen molar-refractivity contribution < 1.29 is 14.2 Å². The van der Waals surface area contributed by atoms with Gasteiger partial charge in [-0.15, -0.1) is 24.0 Å². The minimum Gasteiger partial charge on any atom is -0.493 e. The first-order valence-corrected chi connectivity index (χ1v) is 8.12. The van der Waals surface area contributed by atoms with E-state index < -0.39 is 0 Å². The van der Waals surface area contributed by atoms with Crippen molar-refractivity contribution in [1.82, 2.24) is 5.32 Å². The SMILES string of the molecule is CN=C(NCCCC(C)(C)C)Nc1cc(OC)c(OC)c(OC)c1.I. The van der Waals surface area contributed by atoms with E-state index in [1.54, 1.807) is 28.4 Å². The average molecular weight is 465 g/mol. The van der Waals surface area contributed by atoms with Gasteiger partial charge in [-0.2, -0.15) is 0 Å². The van der Waals surface area contributed by atoms with Gasteiger partial charge in [-0.25, -0.2) is 0 Å². The van der Waals surface area contributed by atoms with Gasteiger partial charge in [0.15, 0.2) is 17.5 Å². The molecule has 0 heterocycles. The van der Waals surface area contributed by atoms with Gasteiger partial charge in [-0.1, -0.05) is 20.8 Å². The van der Waals surface area contributed by atoms with Gasteiger partial charge in [0, 0.05) is 31.4 Å². The van der Waals surface area contributed by atoms with Crippen LogP contribution in [0.4, 0.5) is 5.69 Å². The van der Waals surface area contributed by atoms with E-state index in [2.05, 4.69) is 36.4 Å². The van der Waals surface area contributed by atoms with Crippen LogP contribution in [0.1, 0.15) is 33.6 Å². The molecule has 0 fully saturated rings. The molecule has 0 bridgehead atoms. The zero-order chi connectivity index (χ0) is 18.2. The van der Waals surface area contributed by atoms with Crippen LogP contribution in [0.2, 0.25) is 0 Å². The smallest absolute Gasteiger partial charge is 0.203 e. The Hall–Kier alpha value is -1.38. The maximum absolute atomic E-state index is 5.37. The Kier molecular flexibility index (Phi) is 10.7. The number of ether oxygens (including phenoxy) is 3. The molecule has 6 nitrogen and oxygen atoms in total. The molecule has 0 spiro atoms. The van der Waals surface area contributed by atoms with Gasteiger partial charge >= 0.3 is 0 Å². The number of nitrogens with zero attached hydrogens (tertiary/aromatic N) is 1. The molecular weight excluding hydrogens is 433 g/mol. The van der Waals surface area contributed by atoms with E-state index in [0.717, 1.165) is 25.1 Å². The van der Waals surface area contributed by atoms with Crippen LogP contribution < -0.4 is 24.8 Å². The minimum atomic E-state index is 0. The van der Waals surface area contributed by atoms with Crippen molar-refractivity contribution in [2.45, 2.75) is 33.6 Å². The molecule has 0 aliphatic rings. The molecule has 0 unspecified atom stereocenters. The third-order valence-corrected chi connectivity index (χ3v) is 3.55. The fourth-order valence-corrected chi connectivity index (χ4v) is 2.29. The Balaban J connectivity index is 0.00000576. The topological polar surface area (TPSA) is 64.1 Å². The molecule has 0 amide bonds. The lowest BCUT2D eigenvalue weighted by molar-refractivity contribution is 0.324. The van der Waals surface area contributed by atoms with Crippen LogP contribution in [0, 0.1) is 5.41 Å². The number of halogens is 1. The first-order valence-electron chi connectivity index (χ1n) is 8.12. The summed E-state index contributed by atoms with van der Waals surface area (Å²) in [5.41, 5.74) is 1.16. The van der Waals surface area contributed by atoms with Crippen molar-refractivity contribution in [2.75, 3.05) is 40.2 Å². The molecule has 0 aliphatic heterocycles. The van der Waals surface area contributed by atoms with Gasteiger partial charge in [0.05, 0.1) is 21.3 Å². The maximum atomic E-state index is 5.37. The number of rotatable bonds is 7. The van der Waals surface area contributed by atoms with Crippen molar-refractivity contribution in [2.24, 2.45) is 10.4 Å². The Bertz CT molecular complexity index is 532. The number of methoxy groups -OCH3 is 3. The average Bonchev–Trinajstić information content (AvgIpc) is 2.55. The Morgan fingerprint density at radius 3 is 2.00 bits per heavy atom. The van der Waals surface area contributed by atoms with Gasteiger partial charge in [0.25, 0.3) is 0 Å². The summed E-state index contributed by atoms with van der Waals surface area (Å²) in [4.78, 5) is 4.25. The second kappa shape index (κ2) is 11.3. The first kappa shape index (κ1) is 23.6. The standard InChI is InChI=1S/C18H31N3O3.HI/c1-18(2,3)9-8-10-20-17(19-4)21-13-11-14(22-5)16(24-7)15(12-13)23-6;/h11-12H,8-10H2,1-7H3,(H2,19,20,21);1H. The van der Waals surface area contributed by atoms with Crippen molar-refractivity contribution in [3.8, 4) is 17.2 Å². The van der Waals surface area contributed by atoms with Crippen molar-refractivity contribution in [1.29, 1.82) is 0 Å². The highest BCUT2D eigenvalue weighted by Gasteiger charge is 2.14. The highest BCUT2D eigenvalue weighted by Crippen LogP contribution is 2.39. The van der Waals surface area contributed by atoms with Gasteiger partial charge in [-0.05, 0) is 18.3 Å². The van der Waals surface area contributed by atoms with Crippen molar-refractivity contribution in [3.63, 3.8) is 0 Å². The van der Waals surface area contributed by atoms with Gasteiger partial charge < -0.3 is 24.8 Å². The van der Waals surface area contributed by atoms with Crippen LogP contribution in [0.25, 0.3) is 0 Å². The molecule has 0 aliphatic carbocycles. The lowest BCUT2D eigenvalue weighted by atomic mass is 9.91. The number of hydrogen-bond donors (Lipinski definition) is 2. The summed E-state index contributed by atoms with van der Waals surface area (Å²) in [6.07, 6.45) is 2.24. The minimum absolute atomic E-state index is 0. The van der Waals surface area contributed by atoms with E-state index >= 15 is 0 Å². The fraction of sp³-hybridized carbons (Fsp3) is 0.611. The molecule has 25 heavy (non-hydrogen) atoms. The first-order chi connectivity index (χ1) is 11.3. The molecule has 0 aromatic heterocycles. The van der Waals surface area contributed by atoms with Crippen molar-refractivity contribution in [3.05, 3.63) is 12.1 Å². The van der Waals surface area contributed by atoms with Crippen LogP contribution >= 0.6 is 24.0 Å². The molecule has 7 heteroatoms. The summed E-state index contributed by atoms with van der Waals surface area (Å²) in [6.45, 7) is 7.60. The zero-order valence-electron chi connectivity index (χ0n) is 16.4. The van der Waals surface area contributed by atoms with Gasteiger partial charge in [0.2, 0.25) is 5.75 Å². The largest absolute Gasteiger partial charge is 0.493 e. The monoisotopic (exact) mass is 465 g/mol. The molecule has 0 saturated carbocycles. The molecular formula is C18H32IN3O3. The molecule has 0 saturated heterocycles. The van der Waals surface area contributed by atoms with Crippen LogP contribution in [0.3, 0.4) is 0 Å². The van der Waals surface area contributed by atoms with Crippen LogP contribution in [0.5, 0.6) is 17.2 Å². The van der Waals surface area contributed by atoms with Crippen molar-refractivity contribution >= 4 is 35.6 Å². The fourth-order valence-electron chi connectivity index (χ4n) is 2.29. The number of aliphatic imine (C=N–C) groups is 1. The quantitative estimate of drug-likeness (QED) is 0.274. The number of guanidine groups is 1. The molecule has 2 N–H and O–H groups in total. The van der Waals surface area contributed by atoms with E-state index in [1.807, 2.05) is 12.1 Å². The number of hydrogen-bond acceptors (Lipinski definition) is 4. The Morgan fingerprint density at radius 1 is 1.04 bits per heavy atom. The Morgan fingerprint density at radius 2 is 1.60 bits per heavy atom. The summed E-state index contributed by atoms with van der Waals surface area (Å²) in [7, 11) is 6.53. The van der Waals surface area contributed by atoms with E-state index in [0.29, 0.717) is 28.6 Å². The molecule has 1 aromatic carbocycles. The predicted molar refractivity (Wildman–Crippen MR) is 115 cm³/mol. The van der Waals surface area contributed by atoms with E-state index in [4.69, 9.17) is 14.2 Å². The highest BCUT2D eigenvalue weighted by molar-refractivity contribution is 14.0. The maximum Gasteiger partial charge on any atom is 0.203 e. The van der Waals surface area contributed by atoms with Crippen LogP contribution in [-0.4, -0.2) is 40.9 Å². The van der Waals surface area contributed by atoms with Crippen LogP contribution in [-0.2, 0) is 0 Å². The lowest BCUT2D eigenvalue weighted by Crippen LogP contribution is -2.31. The lowest BCUT2D eigenvalue weighted by Gasteiger charge is -2.19. The van der Waals surface area contributed by atoms with E-state index in [9.17, 15) is 0 Å². The van der Waals surface area contributed by atoms with Gasteiger partial charge in [0.1, 0.15) is 0 Å². The number of benzene rings is 1. The number of anilines is 1. The normalized spacial score (nSPS) is 11.4. The van der Waals surface area contributed by atoms with Gasteiger partial charge in [-0.3, -0.25) is 4.99 Å². The summed E-state index contributed by atoms with van der Waals surface area (Å²) in [5, 5.41) is 6.57. The third-order valence-electron chi connectivity index (χ3n) is 3.55. The van der Waals surface area contributed by atoms with Crippen LogP contribution in [0.15, 0.2) is 17.1 Å². The molecule has 0 atom stereocenters. The Labute approximate surface area is 168 Å². The highest BCUT2D eigenvalue weighted by atomic mass is 127. The summed E-state index contributed by atoms with van der Waals surface area (Å²) < 4.78 is 16.1. The molecule has 144 valence electrons. The second-order valence-electron chi connectivity index (χ2n) is 6.70. The number of nitrogens with one attached hydrogen (secondary N) is 2.